The SMILES string of the molecule is C=C/C=C(\C(=C)C)c1c(Br)cc(C(=O)O)c(=C)c1=C. The quantitative estimate of drug-likeness (QED) is 0.866. The van der Waals surface area contributed by atoms with Crippen LogP contribution in [0.1, 0.15) is 22.8 Å². The molecule has 98 valence electrons. The van der Waals surface area contributed by atoms with Crippen molar-refractivity contribution in [3.8, 4) is 0 Å². The first-order valence-electron chi connectivity index (χ1n) is 5.53. The first-order valence-corrected chi connectivity index (χ1v) is 6.33. The van der Waals surface area contributed by atoms with Crippen LogP contribution in [0.5, 0.6) is 0 Å². The fourth-order valence-electron chi connectivity index (χ4n) is 1.78. The summed E-state index contributed by atoms with van der Waals surface area (Å²) in [7, 11) is 0. The van der Waals surface area contributed by atoms with E-state index in [0.717, 1.165) is 16.7 Å². The molecule has 3 heteroatoms. The van der Waals surface area contributed by atoms with Gasteiger partial charge in [0.25, 0.3) is 0 Å². The highest BCUT2D eigenvalue weighted by atomic mass is 79.9. The summed E-state index contributed by atoms with van der Waals surface area (Å²) in [5.41, 5.74) is 2.63. The normalized spacial score (nSPS) is 11.2. The largest absolute Gasteiger partial charge is 0.478 e. The van der Waals surface area contributed by atoms with Crippen molar-refractivity contribution in [2.24, 2.45) is 0 Å². The molecule has 0 aromatic heterocycles. The minimum atomic E-state index is -1.02. The molecule has 19 heavy (non-hydrogen) atoms. The Bertz CT molecular complexity index is 696. The molecule has 0 aliphatic rings. The van der Waals surface area contributed by atoms with Crippen LogP contribution in [0.15, 0.2) is 41.4 Å². The van der Waals surface area contributed by atoms with Gasteiger partial charge in [-0.05, 0) is 29.0 Å². The Balaban J connectivity index is 3.79. The summed E-state index contributed by atoms with van der Waals surface area (Å²) < 4.78 is 0.651. The van der Waals surface area contributed by atoms with Crippen molar-refractivity contribution in [3.63, 3.8) is 0 Å². The Morgan fingerprint density at radius 3 is 2.37 bits per heavy atom. The number of aromatic carboxylic acids is 1. The summed E-state index contributed by atoms with van der Waals surface area (Å²) in [5, 5.41) is 10.1. The van der Waals surface area contributed by atoms with E-state index < -0.39 is 5.97 Å². The predicted molar refractivity (Wildman–Crippen MR) is 84.4 cm³/mol. The molecule has 0 atom stereocenters. The maximum absolute atomic E-state index is 11.1. The number of rotatable bonds is 4. The maximum Gasteiger partial charge on any atom is 0.336 e. The molecule has 0 amide bonds. The van der Waals surface area contributed by atoms with Crippen LogP contribution in [0.3, 0.4) is 0 Å². The highest BCUT2D eigenvalue weighted by molar-refractivity contribution is 9.10. The second-order valence-corrected chi connectivity index (χ2v) is 4.99. The van der Waals surface area contributed by atoms with Gasteiger partial charge in [-0.15, -0.1) is 0 Å². The lowest BCUT2D eigenvalue weighted by atomic mass is 9.95. The molecule has 0 unspecified atom stereocenters. The average Bonchev–Trinajstić information content (AvgIpc) is 2.32. The molecule has 1 rings (SSSR count). The van der Waals surface area contributed by atoms with E-state index in [0.29, 0.717) is 14.9 Å². The fraction of sp³-hybridized carbons (Fsp3) is 0.0625. The van der Waals surface area contributed by atoms with Gasteiger partial charge in [-0.2, -0.15) is 0 Å². The summed E-state index contributed by atoms with van der Waals surface area (Å²) in [4.78, 5) is 11.1. The highest BCUT2D eigenvalue weighted by Crippen LogP contribution is 2.25. The summed E-state index contributed by atoms with van der Waals surface area (Å²) in [6, 6.07) is 1.54. The van der Waals surface area contributed by atoms with Gasteiger partial charge in [0.1, 0.15) is 0 Å². The fourth-order valence-corrected chi connectivity index (χ4v) is 2.46. The minimum Gasteiger partial charge on any atom is -0.478 e. The third-order valence-electron chi connectivity index (χ3n) is 2.75. The van der Waals surface area contributed by atoms with E-state index in [1.807, 2.05) is 13.0 Å². The van der Waals surface area contributed by atoms with Crippen LogP contribution in [0.2, 0.25) is 0 Å². The van der Waals surface area contributed by atoms with Crippen molar-refractivity contribution >= 4 is 40.6 Å². The smallest absolute Gasteiger partial charge is 0.336 e. The monoisotopic (exact) mass is 318 g/mol. The summed E-state index contributed by atoms with van der Waals surface area (Å²) >= 11 is 3.39. The maximum atomic E-state index is 11.1. The van der Waals surface area contributed by atoms with Gasteiger partial charge in [0, 0.05) is 10.0 Å². The Hall–Kier alpha value is -1.87. The van der Waals surface area contributed by atoms with Crippen LogP contribution in [-0.2, 0) is 0 Å². The molecule has 0 bridgehead atoms. The van der Waals surface area contributed by atoms with Crippen LogP contribution < -0.4 is 10.4 Å². The number of carbonyl (C=O) groups is 1. The Labute approximate surface area is 120 Å². The number of allylic oxidation sites excluding steroid dienone is 4. The molecule has 1 N–H and O–H groups in total. The van der Waals surface area contributed by atoms with Crippen molar-refractivity contribution in [1.82, 2.24) is 0 Å². The van der Waals surface area contributed by atoms with Gasteiger partial charge >= 0.3 is 5.97 Å². The third kappa shape index (κ3) is 2.93. The topological polar surface area (TPSA) is 37.3 Å². The summed E-state index contributed by atoms with van der Waals surface area (Å²) in [5.74, 6) is -1.02. The van der Waals surface area contributed by atoms with E-state index >= 15 is 0 Å². The Morgan fingerprint density at radius 2 is 1.95 bits per heavy atom. The van der Waals surface area contributed by atoms with Crippen LogP contribution in [0.25, 0.3) is 18.7 Å². The van der Waals surface area contributed by atoms with Crippen molar-refractivity contribution in [1.29, 1.82) is 0 Å². The lowest BCUT2D eigenvalue weighted by Gasteiger charge is -2.12. The van der Waals surface area contributed by atoms with Gasteiger partial charge < -0.3 is 5.11 Å². The molecule has 0 aliphatic heterocycles. The van der Waals surface area contributed by atoms with E-state index in [2.05, 4.69) is 42.2 Å². The zero-order valence-electron chi connectivity index (χ0n) is 10.8. The van der Waals surface area contributed by atoms with Crippen LogP contribution in [-0.4, -0.2) is 11.1 Å². The molecule has 0 radical (unpaired) electrons. The van der Waals surface area contributed by atoms with E-state index in [1.165, 1.54) is 6.07 Å². The third-order valence-corrected chi connectivity index (χ3v) is 3.37. The van der Waals surface area contributed by atoms with Gasteiger partial charge in [-0.25, -0.2) is 4.79 Å². The van der Waals surface area contributed by atoms with Crippen molar-refractivity contribution < 1.29 is 9.90 Å². The van der Waals surface area contributed by atoms with Crippen molar-refractivity contribution in [2.45, 2.75) is 6.92 Å². The van der Waals surface area contributed by atoms with Gasteiger partial charge in [-0.1, -0.05) is 60.0 Å². The number of halogens is 1. The van der Waals surface area contributed by atoms with E-state index in [1.54, 1.807) is 6.08 Å². The molecule has 0 saturated carbocycles. The van der Waals surface area contributed by atoms with Crippen molar-refractivity contribution in [3.05, 3.63) is 63.0 Å². The van der Waals surface area contributed by atoms with E-state index in [4.69, 9.17) is 5.11 Å². The summed E-state index contributed by atoms with van der Waals surface area (Å²) in [6.07, 6.45) is 3.47. The lowest BCUT2D eigenvalue weighted by Crippen LogP contribution is -2.32. The molecule has 2 nitrogen and oxygen atoms in total. The molecule has 0 heterocycles. The van der Waals surface area contributed by atoms with Crippen LogP contribution >= 0.6 is 15.9 Å². The zero-order chi connectivity index (χ0) is 14.7. The molecular weight excluding hydrogens is 304 g/mol. The molecule has 1 aromatic rings. The van der Waals surface area contributed by atoms with Gasteiger partial charge in [0.15, 0.2) is 0 Å². The summed E-state index contributed by atoms with van der Waals surface area (Å²) in [6.45, 7) is 17.2. The standard InChI is InChI=1S/C16H15BrO2/c1-6-7-12(9(2)3)15-11(5)10(4)13(16(18)19)8-14(15)17/h6-8H,1-2,4-5H2,3H3,(H,18,19)/b12-7+. The first-order chi connectivity index (χ1) is 8.81. The number of carboxylic acids is 1. The second kappa shape index (κ2) is 5.85. The van der Waals surface area contributed by atoms with E-state index in [-0.39, 0.29) is 5.56 Å². The van der Waals surface area contributed by atoms with Crippen molar-refractivity contribution in [2.75, 3.05) is 0 Å². The van der Waals surface area contributed by atoms with Gasteiger partial charge in [0.2, 0.25) is 0 Å². The number of benzene rings is 1. The number of hydrogen-bond donors (Lipinski definition) is 1. The number of carboxylic acid groups (broad SMARTS) is 1. The molecule has 0 spiro atoms. The van der Waals surface area contributed by atoms with Crippen LogP contribution in [0, 0.1) is 0 Å². The molecule has 0 aliphatic carbocycles. The van der Waals surface area contributed by atoms with Gasteiger partial charge in [0.05, 0.1) is 5.56 Å². The Morgan fingerprint density at radius 1 is 1.37 bits per heavy atom. The predicted octanol–water partition coefficient (Wildman–Crippen LogP) is 3.11. The molecule has 1 aromatic carbocycles. The molecular formula is C16H15BrO2. The molecule has 0 saturated heterocycles. The van der Waals surface area contributed by atoms with Gasteiger partial charge in [-0.3, -0.25) is 0 Å². The average molecular weight is 319 g/mol. The Kier molecular flexibility index (Phi) is 4.67. The molecule has 0 fully saturated rings. The van der Waals surface area contributed by atoms with E-state index in [9.17, 15) is 4.79 Å². The zero-order valence-corrected chi connectivity index (χ0v) is 12.4. The van der Waals surface area contributed by atoms with Crippen LogP contribution in [0.4, 0.5) is 0 Å². The second-order valence-electron chi connectivity index (χ2n) is 4.14. The highest BCUT2D eigenvalue weighted by Gasteiger charge is 2.14. The lowest BCUT2D eigenvalue weighted by molar-refractivity contribution is 0.0695. The number of hydrogen-bond acceptors (Lipinski definition) is 1. The minimum absolute atomic E-state index is 0.139. The first kappa shape index (κ1) is 15.2.